The number of fused-ring (bicyclic) bond motifs is 2. The number of anilines is 1. The number of hydrogen-bond acceptors (Lipinski definition) is 2. The van der Waals surface area contributed by atoms with Gasteiger partial charge in [0.05, 0.1) is 12.5 Å². The summed E-state index contributed by atoms with van der Waals surface area (Å²) < 4.78 is 6.70. The van der Waals surface area contributed by atoms with Gasteiger partial charge in [0.25, 0.3) is 0 Å². The van der Waals surface area contributed by atoms with Crippen molar-refractivity contribution >= 4 is 27.5 Å². The van der Waals surface area contributed by atoms with Crippen molar-refractivity contribution in [2.45, 2.75) is 25.2 Å². The quantitative estimate of drug-likeness (QED) is 0.740. The number of hydrogen-bond donors (Lipinski definition) is 0. The van der Waals surface area contributed by atoms with Crippen molar-refractivity contribution in [2.75, 3.05) is 18.1 Å². The maximum Gasteiger partial charge on any atom is 0.234 e. The van der Waals surface area contributed by atoms with Crippen LogP contribution in [0, 0.1) is 0 Å². The molecule has 118 valence electrons. The molecule has 2 aliphatic rings. The zero-order chi connectivity index (χ0) is 16.0. The van der Waals surface area contributed by atoms with Crippen molar-refractivity contribution < 1.29 is 9.53 Å². The highest BCUT2D eigenvalue weighted by atomic mass is 79.9. The van der Waals surface area contributed by atoms with Gasteiger partial charge in [0.2, 0.25) is 5.91 Å². The van der Waals surface area contributed by atoms with Gasteiger partial charge in [0, 0.05) is 28.2 Å². The van der Waals surface area contributed by atoms with Crippen LogP contribution in [0.2, 0.25) is 0 Å². The molecule has 2 aromatic rings. The van der Waals surface area contributed by atoms with Gasteiger partial charge < -0.3 is 9.64 Å². The first-order chi connectivity index (χ1) is 11.1. The number of ether oxygens (including phenoxy) is 1. The Bertz CT molecular complexity index is 774. The molecule has 2 aliphatic heterocycles. The summed E-state index contributed by atoms with van der Waals surface area (Å²) in [6.07, 6.45) is 0.731. The second kappa shape index (κ2) is 5.68. The Kier molecular flexibility index (Phi) is 3.64. The summed E-state index contributed by atoms with van der Waals surface area (Å²) in [7, 11) is 0. The van der Waals surface area contributed by atoms with Gasteiger partial charge in [-0.15, -0.1) is 0 Å². The van der Waals surface area contributed by atoms with E-state index < -0.39 is 0 Å². The molecule has 23 heavy (non-hydrogen) atoms. The summed E-state index contributed by atoms with van der Waals surface area (Å²) in [5.41, 5.74) is 3.32. The van der Waals surface area contributed by atoms with Crippen LogP contribution < -0.4 is 9.64 Å². The molecule has 0 radical (unpaired) electrons. The number of halogens is 1. The third-order valence-corrected chi connectivity index (χ3v) is 5.28. The van der Waals surface area contributed by atoms with E-state index in [1.54, 1.807) is 0 Å². The van der Waals surface area contributed by atoms with Gasteiger partial charge in [-0.25, -0.2) is 0 Å². The molecule has 2 aromatic carbocycles. The number of benzene rings is 2. The normalized spacial score (nSPS) is 22.3. The summed E-state index contributed by atoms with van der Waals surface area (Å²) in [4.78, 5) is 15.2. The van der Waals surface area contributed by atoms with Crippen molar-refractivity contribution in [3.63, 3.8) is 0 Å². The van der Waals surface area contributed by atoms with E-state index in [-0.39, 0.29) is 11.8 Å². The Labute approximate surface area is 144 Å². The molecule has 0 aromatic heterocycles. The van der Waals surface area contributed by atoms with Crippen LogP contribution in [0.1, 0.15) is 36.3 Å². The lowest BCUT2D eigenvalue weighted by Crippen LogP contribution is -2.36. The summed E-state index contributed by atoms with van der Waals surface area (Å²) in [5.74, 6) is 1.27. The highest BCUT2D eigenvalue weighted by Crippen LogP contribution is 2.41. The SMILES string of the molecule is CC1CN(C(=O)C2CCOc3ccc(Br)cc32)c2ccccc21. The van der Waals surface area contributed by atoms with E-state index in [0.717, 1.165) is 34.4 Å². The van der Waals surface area contributed by atoms with Gasteiger partial charge in [-0.2, -0.15) is 0 Å². The van der Waals surface area contributed by atoms with Gasteiger partial charge in [0.1, 0.15) is 5.75 Å². The third kappa shape index (κ3) is 2.45. The maximum atomic E-state index is 13.2. The molecule has 4 rings (SSSR count). The van der Waals surface area contributed by atoms with Crippen LogP contribution in [-0.2, 0) is 4.79 Å². The first-order valence-electron chi connectivity index (χ1n) is 7.97. The molecule has 3 nitrogen and oxygen atoms in total. The minimum Gasteiger partial charge on any atom is -0.493 e. The van der Waals surface area contributed by atoms with Crippen LogP contribution >= 0.6 is 15.9 Å². The van der Waals surface area contributed by atoms with Crippen LogP contribution in [0.4, 0.5) is 5.69 Å². The predicted molar refractivity (Wildman–Crippen MR) is 94.2 cm³/mol. The molecule has 2 heterocycles. The van der Waals surface area contributed by atoms with E-state index >= 15 is 0 Å². The van der Waals surface area contributed by atoms with Gasteiger partial charge in [-0.3, -0.25) is 4.79 Å². The predicted octanol–water partition coefficient (Wildman–Crippen LogP) is 4.47. The maximum absolute atomic E-state index is 13.2. The first kappa shape index (κ1) is 14.8. The Morgan fingerprint density at radius 1 is 1.22 bits per heavy atom. The lowest BCUT2D eigenvalue weighted by atomic mass is 9.91. The topological polar surface area (TPSA) is 29.5 Å². The van der Waals surface area contributed by atoms with Gasteiger partial charge in [-0.1, -0.05) is 41.1 Å². The van der Waals surface area contributed by atoms with E-state index in [2.05, 4.69) is 35.0 Å². The lowest BCUT2D eigenvalue weighted by molar-refractivity contribution is -0.120. The molecule has 4 heteroatoms. The van der Waals surface area contributed by atoms with E-state index in [1.165, 1.54) is 5.56 Å². The van der Waals surface area contributed by atoms with Gasteiger partial charge in [-0.05, 0) is 36.2 Å². The average molecular weight is 372 g/mol. The Morgan fingerprint density at radius 3 is 2.91 bits per heavy atom. The number of carbonyl (C=O) groups is 1. The molecule has 0 aliphatic carbocycles. The Morgan fingerprint density at radius 2 is 2.04 bits per heavy atom. The number of para-hydroxylation sites is 1. The van der Waals surface area contributed by atoms with Crippen molar-refractivity contribution in [3.05, 3.63) is 58.1 Å². The van der Waals surface area contributed by atoms with Crippen molar-refractivity contribution in [1.29, 1.82) is 0 Å². The number of nitrogens with zero attached hydrogens (tertiary/aromatic N) is 1. The third-order valence-electron chi connectivity index (χ3n) is 4.79. The van der Waals surface area contributed by atoms with E-state index in [0.29, 0.717) is 12.5 Å². The van der Waals surface area contributed by atoms with Crippen LogP contribution in [-0.4, -0.2) is 19.1 Å². The van der Waals surface area contributed by atoms with Crippen molar-refractivity contribution in [2.24, 2.45) is 0 Å². The fourth-order valence-electron chi connectivity index (χ4n) is 3.64. The molecule has 0 saturated heterocycles. The molecule has 0 fully saturated rings. The summed E-state index contributed by atoms with van der Waals surface area (Å²) >= 11 is 3.51. The standard InChI is InChI=1S/C19H18BrNO2/c1-12-11-21(17-5-3-2-4-14(12)17)19(22)15-8-9-23-18-7-6-13(20)10-16(15)18/h2-7,10,12,15H,8-9,11H2,1H3. The van der Waals surface area contributed by atoms with Gasteiger partial charge in [0.15, 0.2) is 0 Å². The van der Waals surface area contributed by atoms with Gasteiger partial charge >= 0.3 is 0 Å². The molecule has 1 amide bonds. The fourth-order valence-corrected chi connectivity index (χ4v) is 4.02. The molecular weight excluding hydrogens is 354 g/mol. The van der Waals surface area contributed by atoms with Crippen molar-refractivity contribution in [1.82, 2.24) is 0 Å². The largest absolute Gasteiger partial charge is 0.493 e. The Hall–Kier alpha value is -1.81. The Balaban J connectivity index is 1.71. The van der Waals surface area contributed by atoms with Crippen molar-refractivity contribution in [3.8, 4) is 5.75 Å². The minimum atomic E-state index is -0.130. The highest BCUT2D eigenvalue weighted by molar-refractivity contribution is 9.10. The fraction of sp³-hybridized carbons (Fsp3) is 0.316. The molecule has 0 bridgehead atoms. The van der Waals surface area contributed by atoms with E-state index in [4.69, 9.17) is 4.74 Å². The average Bonchev–Trinajstić information content (AvgIpc) is 2.91. The molecule has 0 spiro atoms. The summed E-state index contributed by atoms with van der Waals surface area (Å²) in [6.45, 7) is 3.54. The van der Waals surface area contributed by atoms with Crippen LogP contribution in [0.25, 0.3) is 0 Å². The second-order valence-corrected chi connectivity index (χ2v) is 7.20. The molecule has 2 atom stereocenters. The molecule has 0 N–H and O–H groups in total. The monoisotopic (exact) mass is 371 g/mol. The molecule has 2 unspecified atom stereocenters. The minimum absolute atomic E-state index is 0.130. The summed E-state index contributed by atoms with van der Waals surface area (Å²) in [5, 5.41) is 0. The second-order valence-electron chi connectivity index (χ2n) is 6.28. The number of rotatable bonds is 1. The van der Waals surface area contributed by atoms with Crippen LogP contribution in [0.5, 0.6) is 5.75 Å². The first-order valence-corrected chi connectivity index (χ1v) is 8.77. The van der Waals surface area contributed by atoms with E-state index in [9.17, 15) is 4.79 Å². The van der Waals surface area contributed by atoms with Crippen LogP contribution in [0.3, 0.4) is 0 Å². The zero-order valence-corrected chi connectivity index (χ0v) is 14.5. The number of amides is 1. The smallest absolute Gasteiger partial charge is 0.234 e. The number of carbonyl (C=O) groups excluding carboxylic acids is 1. The summed E-state index contributed by atoms with van der Waals surface area (Å²) in [6, 6.07) is 14.1. The molecular formula is C19H18BrNO2. The lowest BCUT2D eigenvalue weighted by Gasteiger charge is -2.29. The molecule has 0 saturated carbocycles. The highest BCUT2D eigenvalue weighted by Gasteiger charge is 2.36. The zero-order valence-electron chi connectivity index (χ0n) is 13.0. The van der Waals surface area contributed by atoms with Crippen LogP contribution in [0.15, 0.2) is 46.9 Å². The van der Waals surface area contributed by atoms with E-state index in [1.807, 2.05) is 35.2 Å².